The van der Waals surface area contributed by atoms with Gasteiger partial charge in [-0.25, -0.2) is 9.89 Å². The van der Waals surface area contributed by atoms with Crippen molar-refractivity contribution in [3.05, 3.63) is 131 Å². The van der Waals surface area contributed by atoms with Crippen LogP contribution in [0.5, 0.6) is 5.75 Å². The van der Waals surface area contributed by atoms with Crippen LogP contribution in [-0.2, 0) is 10.3 Å². The van der Waals surface area contributed by atoms with Crippen LogP contribution in [0, 0.1) is 6.92 Å². The van der Waals surface area contributed by atoms with E-state index in [4.69, 9.17) is 15.5 Å². The number of hydrogen-bond donors (Lipinski definition) is 1. The Labute approximate surface area is 233 Å². The van der Waals surface area contributed by atoms with E-state index >= 15 is 0 Å². The Bertz CT molecular complexity index is 1500. The van der Waals surface area contributed by atoms with E-state index < -0.39 is 11.7 Å². The second-order valence-electron chi connectivity index (χ2n) is 9.33. The molecule has 4 aromatic rings. The summed E-state index contributed by atoms with van der Waals surface area (Å²) >= 11 is 0. The van der Waals surface area contributed by atoms with Gasteiger partial charge < -0.3 is 10.5 Å². The van der Waals surface area contributed by atoms with Crippen LogP contribution in [-0.4, -0.2) is 29.8 Å². The Morgan fingerprint density at radius 3 is 1.92 bits per heavy atom. The predicted molar refractivity (Wildman–Crippen MR) is 156 cm³/mol. The molecular weight excluding hydrogens is 510 g/mol. The first-order valence-corrected chi connectivity index (χ1v) is 12.4. The summed E-state index contributed by atoms with van der Waals surface area (Å²) in [6.45, 7) is 2.02. The lowest BCUT2D eigenvalue weighted by molar-refractivity contribution is -0.124. The predicted octanol–water partition coefficient (Wildman–Crippen LogP) is 5.40. The van der Waals surface area contributed by atoms with Gasteiger partial charge in [-0.1, -0.05) is 90.5 Å². The molecule has 0 radical (unpaired) electrons. The highest BCUT2D eigenvalue weighted by Gasteiger charge is 2.62. The third-order valence-electron chi connectivity index (χ3n) is 7.09. The number of rotatable bonds is 5. The van der Waals surface area contributed by atoms with Crippen molar-refractivity contribution in [1.29, 1.82) is 0 Å². The number of fused-ring (bicyclic) bond motifs is 1. The Morgan fingerprint density at radius 2 is 1.38 bits per heavy atom. The molecule has 2 heterocycles. The van der Waals surface area contributed by atoms with Gasteiger partial charge >= 0.3 is 0 Å². The van der Waals surface area contributed by atoms with Crippen molar-refractivity contribution < 1.29 is 9.53 Å². The highest BCUT2D eigenvalue weighted by atomic mass is 35.5. The number of aliphatic imine (C=N–C) groups is 2. The van der Waals surface area contributed by atoms with Crippen LogP contribution in [0.15, 0.2) is 119 Å². The molecule has 39 heavy (non-hydrogen) atoms. The first kappa shape index (κ1) is 26.0. The number of nitrogens with zero attached hydrogens (tertiary/aromatic N) is 4. The molecular formula is C31H28ClN5O2. The molecule has 1 amide bonds. The zero-order valence-electron chi connectivity index (χ0n) is 21.6. The van der Waals surface area contributed by atoms with Gasteiger partial charge in [0.2, 0.25) is 11.9 Å². The number of amides is 1. The number of hydrogen-bond acceptors (Lipinski definition) is 6. The SMILES string of the molecule is COc1ccc(C2N=C(N)N=C3N(c4ccc(C)cc4)C(=O)C(c4ccccc4)(c4ccccc4)N32)cc1.Cl. The highest BCUT2D eigenvalue weighted by molar-refractivity contribution is 6.28. The molecule has 8 heteroatoms. The van der Waals surface area contributed by atoms with Crippen molar-refractivity contribution in [3.63, 3.8) is 0 Å². The molecule has 2 aliphatic heterocycles. The average molecular weight is 538 g/mol. The largest absolute Gasteiger partial charge is 0.497 e. The van der Waals surface area contributed by atoms with Crippen LogP contribution < -0.4 is 15.4 Å². The van der Waals surface area contributed by atoms with Gasteiger partial charge in [0.05, 0.1) is 12.8 Å². The molecule has 196 valence electrons. The minimum absolute atomic E-state index is 0. The minimum atomic E-state index is -1.25. The van der Waals surface area contributed by atoms with Crippen LogP contribution in [0.3, 0.4) is 0 Å². The summed E-state index contributed by atoms with van der Waals surface area (Å²) in [5.74, 6) is 1.12. The number of carbonyl (C=O) groups excluding carboxylic acids is 1. The molecule has 0 aliphatic carbocycles. The van der Waals surface area contributed by atoms with Gasteiger partial charge in [-0.3, -0.25) is 9.69 Å². The average Bonchev–Trinajstić information content (AvgIpc) is 3.22. The lowest BCUT2D eigenvalue weighted by atomic mass is 9.80. The fraction of sp³-hybridized carbons (Fsp3) is 0.129. The summed E-state index contributed by atoms with van der Waals surface area (Å²) in [6.07, 6.45) is -0.617. The van der Waals surface area contributed by atoms with Crippen LogP contribution in [0.4, 0.5) is 5.69 Å². The standard InChI is InChI=1S/C31H27N5O2.ClH/c1-21-13-17-25(18-14-21)35-28(37)31(23-9-5-3-6-10-23,24-11-7-4-8-12-24)36-27(33-29(32)34-30(35)36)22-15-19-26(38-2)20-16-22;/h3-20,27H,1-2H3,(H2,32,33);1H. The Morgan fingerprint density at radius 1 is 0.821 bits per heavy atom. The van der Waals surface area contributed by atoms with Crippen molar-refractivity contribution in [1.82, 2.24) is 4.90 Å². The zero-order valence-corrected chi connectivity index (χ0v) is 22.4. The summed E-state index contributed by atoms with van der Waals surface area (Å²) in [7, 11) is 1.63. The first-order valence-electron chi connectivity index (χ1n) is 12.4. The molecule has 1 atom stereocenters. The molecule has 7 nitrogen and oxygen atoms in total. The first-order chi connectivity index (χ1) is 18.5. The molecule has 2 aliphatic rings. The fourth-order valence-corrected chi connectivity index (χ4v) is 5.30. The molecule has 0 spiro atoms. The van der Waals surface area contributed by atoms with E-state index in [2.05, 4.69) is 4.99 Å². The van der Waals surface area contributed by atoms with Gasteiger partial charge in [-0.2, -0.15) is 4.99 Å². The van der Waals surface area contributed by atoms with Gasteiger partial charge in [-0.05, 0) is 47.9 Å². The molecule has 1 fully saturated rings. The summed E-state index contributed by atoms with van der Waals surface area (Å²) in [4.78, 5) is 28.1. The number of anilines is 1. The molecule has 6 rings (SSSR count). The Hall–Kier alpha value is -4.62. The van der Waals surface area contributed by atoms with E-state index in [1.807, 2.05) is 121 Å². The quantitative estimate of drug-likeness (QED) is 0.369. The van der Waals surface area contributed by atoms with E-state index in [9.17, 15) is 4.79 Å². The maximum Gasteiger partial charge on any atom is 0.269 e. The second-order valence-corrected chi connectivity index (χ2v) is 9.33. The smallest absolute Gasteiger partial charge is 0.269 e. The van der Waals surface area contributed by atoms with Crippen LogP contribution in [0.25, 0.3) is 0 Å². The third-order valence-corrected chi connectivity index (χ3v) is 7.09. The summed E-state index contributed by atoms with van der Waals surface area (Å²) in [5.41, 5.74) is 9.36. The van der Waals surface area contributed by atoms with Gasteiger partial charge in [0.15, 0.2) is 11.7 Å². The monoisotopic (exact) mass is 537 g/mol. The number of benzene rings is 4. The van der Waals surface area contributed by atoms with Crippen molar-refractivity contribution in [2.24, 2.45) is 15.7 Å². The normalized spacial score (nSPS) is 17.6. The second kappa shape index (κ2) is 10.3. The van der Waals surface area contributed by atoms with Gasteiger partial charge in [0.25, 0.3) is 5.91 Å². The highest BCUT2D eigenvalue weighted by Crippen LogP contribution is 2.50. The minimum Gasteiger partial charge on any atom is -0.497 e. The number of nitrogens with two attached hydrogens (primary N) is 1. The molecule has 1 saturated heterocycles. The maximum atomic E-state index is 15.0. The molecule has 4 aromatic carbocycles. The number of ether oxygens (including phenoxy) is 1. The van der Waals surface area contributed by atoms with Gasteiger partial charge in [-0.15, -0.1) is 12.4 Å². The Balaban J connectivity index is 0.00000308. The number of methoxy groups -OCH3 is 1. The maximum absolute atomic E-state index is 15.0. The van der Waals surface area contributed by atoms with Crippen LogP contribution in [0.2, 0.25) is 0 Å². The van der Waals surface area contributed by atoms with Gasteiger partial charge in [0.1, 0.15) is 5.75 Å². The van der Waals surface area contributed by atoms with Crippen molar-refractivity contribution in [3.8, 4) is 5.75 Å². The topological polar surface area (TPSA) is 83.5 Å². The fourth-order valence-electron chi connectivity index (χ4n) is 5.30. The van der Waals surface area contributed by atoms with E-state index in [0.29, 0.717) is 11.6 Å². The number of carbonyl (C=O) groups is 1. The lowest BCUT2D eigenvalue weighted by Gasteiger charge is -2.41. The van der Waals surface area contributed by atoms with E-state index in [-0.39, 0.29) is 24.3 Å². The van der Waals surface area contributed by atoms with Crippen molar-refractivity contribution in [2.45, 2.75) is 18.6 Å². The lowest BCUT2D eigenvalue weighted by Crippen LogP contribution is -2.51. The third kappa shape index (κ3) is 4.11. The molecule has 0 bridgehead atoms. The molecule has 0 aromatic heterocycles. The summed E-state index contributed by atoms with van der Waals surface area (Å²) in [6, 6.07) is 35.1. The molecule has 2 N–H and O–H groups in total. The molecule has 0 saturated carbocycles. The van der Waals surface area contributed by atoms with E-state index in [1.165, 1.54) is 0 Å². The van der Waals surface area contributed by atoms with Gasteiger partial charge in [0, 0.05) is 0 Å². The van der Waals surface area contributed by atoms with E-state index in [0.717, 1.165) is 28.0 Å². The zero-order chi connectivity index (χ0) is 26.3. The molecule has 1 unspecified atom stereocenters. The van der Waals surface area contributed by atoms with Crippen LogP contribution in [0.1, 0.15) is 28.4 Å². The van der Waals surface area contributed by atoms with Crippen LogP contribution >= 0.6 is 12.4 Å². The summed E-state index contributed by atoms with van der Waals surface area (Å²) < 4.78 is 5.39. The summed E-state index contributed by atoms with van der Waals surface area (Å²) in [5, 5.41) is 0. The number of halogens is 1. The van der Waals surface area contributed by atoms with E-state index in [1.54, 1.807) is 12.0 Å². The van der Waals surface area contributed by atoms with Crippen molar-refractivity contribution in [2.75, 3.05) is 12.0 Å². The Kier molecular flexibility index (Phi) is 6.85. The van der Waals surface area contributed by atoms with Crippen molar-refractivity contribution >= 4 is 35.9 Å². The number of aryl methyl sites for hydroxylation is 1. The number of guanidine groups is 2.